The minimum absolute atomic E-state index is 0.0767. The monoisotopic (exact) mass is 355 g/mol. The molecule has 2 aromatic rings. The predicted molar refractivity (Wildman–Crippen MR) is 94.0 cm³/mol. The van der Waals surface area contributed by atoms with E-state index in [0.717, 1.165) is 22.7 Å². The van der Waals surface area contributed by atoms with Crippen molar-refractivity contribution >= 4 is 45.7 Å². The summed E-state index contributed by atoms with van der Waals surface area (Å²) in [6.07, 6.45) is 2.07. The molecule has 22 heavy (non-hydrogen) atoms. The van der Waals surface area contributed by atoms with E-state index in [2.05, 4.69) is 29.4 Å². The summed E-state index contributed by atoms with van der Waals surface area (Å²) in [7, 11) is 0. The van der Waals surface area contributed by atoms with Crippen molar-refractivity contribution in [2.24, 2.45) is 0 Å². The van der Waals surface area contributed by atoms with Gasteiger partial charge in [0.25, 0.3) is 0 Å². The van der Waals surface area contributed by atoms with Crippen molar-refractivity contribution in [1.82, 2.24) is 10.2 Å². The number of thioether (sulfide) groups is 1. The maximum absolute atomic E-state index is 12.0. The molecule has 0 unspecified atom stereocenters. The Labute approximate surface area is 143 Å². The zero-order chi connectivity index (χ0) is 15.9. The third-order valence-corrected chi connectivity index (χ3v) is 5.47. The van der Waals surface area contributed by atoms with Crippen molar-refractivity contribution < 1.29 is 4.79 Å². The number of nitrogens with zero attached hydrogens (tertiary/aromatic N) is 2. The molecule has 0 bridgehead atoms. The zero-order valence-electron chi connectivity index (χ0n) is 12.5. The molecule has 1 amide bonds. The fourth-order valence-corrected chi connectivity index (χ4v) is 3.77. The van der Waals surface area contributed by atoms with Gasteiger partial charge in [0.1, 0.15) is 5.01 Å². The number of anilines is 1. The maximum Gasteiger partial charge on any atom is 0.236 e. The molecule has 4 nitrogen and oxygen atoms in total. The van der Waals surface area contributed by atoms with Gasteiger partial charge in [-0.15, -0.1) is 22.0 Å². The van der Waals surface area contributed by atoms with Crippen LogP contribution in [0.5, 0.6) is 0 Å². The van der Waals surface area contributed by atoms with E-state index in [0.29, 0.717) is 21.8 Å². The molecule has 7 heteroatoms. The fourth-order valence-electron chi connectivity index (χ4n) is 1.92. The van der Waals surface area contributed by atoms with Crippen LogP contribution in [0.2, 0.25) is 5.02 Å². The van der Waals surface area contributed by atoms with Crippen LogP contribution < -0.4 is 5.32 Å². The number of carbonyl (C=O) groups is 1. The lowest BCUT2D eigenvalue weighted by molar-refractivity contribution is -0.113. The first-order chi connectivity index (χ1) is 10.6. The van der Waals surface area contributed by atoms with Crippen molar-refractivity contribution in [2.75, 3.05) is 11.1 Å². The van der Waals surface area contributed by atoms with Crippen molar-refractivity contribution in [2.45, 2.75) is 37.5 Å². The van der Waals surface area contributed by atoms with Gasteiger partial charge < -0.3 is 0 Å². The molecule has 2 rings (SSSR count). The Kier molecular flexibility index (Phi) is 6.67. The lowest BCUT2D eigenvalue weighted by Gasteiger charge is -2.05. The Morgan fingerprint density at radius 3 is 2.59 bits per heavy atom. The lowest BCUT2D eigenvalue weighted by Crippen LogP contribution is -2.13. The van der Waals surface area contributed by atoms with Crippen LogP contribution in [0.3, 0.4) is 0 Å². The molecule has 0 saturated heterocycles. The number of rotatable bonds is 7. The standard InChI is InChI=1S/C15H18ClN3OS2/c1-3-10(4-2)14-18-19-15(22-14)17-13(20)9-21-12-7-5-11(16)6-8-12/h5-8,10H,3-4,9H2,1-2H3,(H,17,19,20). The third-order valence-electron chi connectivity index (χ3n) is 3.21. The largest absolute Gasteiger partial charge is 0.300 e. The van der Waals surface area contributed by atoms with Crippen molar-refractivity contribution in [1.29, 1.82) is 0 Å². The summed E-state index contributed by atoms with van der Waals surface area (Å²) in [5, 5.41) is 13.3. The van der Waals surface area contributed by atoms with Crippen molar-refractivity contribution in [3.63, 3.8) is 0 Å². The average molecular weight is 356 g/mol. The van der Waals surface area contributed by atoms with E-state index in [-0.39, 0.29) is 5.91 Å². The number of amides is 1. The van der Waals surface area contributed by atoms with E-state index in [1.807, 2.05) is 24.3 Å². The molecule has 0 aliphatic rings. The zero-order valence-corrected chi connectivity index (χ0v) is 14.9. The fraction of sp³-hybridized carbons (Fsp3) is 0.400. The first-order valence-corrected chi connectivity index (χ1v) is 9.32. The Bertz CT molecular complexity index is 612. The second-order valence-corrected chi connectivity index (χ2v) is 7.24. The SMILES string of the molecule is CCC(CC)c1nnc(NC(=O)CSc2ccc(Cl)cc2)s1. The number of hydrogen-bond acceptors (Lipinski definition) is 5. The third kappa shape index (κ3) is 4.97. The first-order valence-electron chi connectivity index (χ1n) is 7.14. The number of halogens is 1. The minimum Gasteiger partial charge on any atom is -0.300 e. The Balaban J connectivity index is 1.85. The number of carbonyl (C=O) groups excluding carboxylic acids is 1. The minimum atomic E-state index is -0.0767. The molecular formula is C15H18ClN3OS2. The Hall–Kier alpha value is -1.11. The smallest absolute Gasteiger partial charge is 0.236 e. The molecule has 1 heterocycles. The summed E-state index contributed by atoms with van der Waals surface area (Å²) in [6, 6.07) is 7.43. The van der Waals surface area contributed by atoms with Gasteiger partial charge in [-0.2, -0.15) is 0 Å². The van der Waals surface area contributed by atoms with Gasteiger partial charge in [0.2, 0.25) is 11.0 Å². The molecule has 0 atom stereocenters. The molecule has 0 fully saturated rings. The van der Waals surface area contributed by atoms with Crippen molar-refractivity contribution in [3.8, 4) is 0 Å². The van der Waals surface area contributed by atoms with E-state index in [1.165, 1.54) is 23.1 Å². The molecule has 0 spiro atoms. The summed E-state index contributed by atoms with van der Waals surface area (Å²) in [4.78, 5) is 13.0. The second kappa shape index (κ2) is 8.50. The number of hydrogen-bond donors (Lipinski definition) is 1. The second-order valence-electron chi connectivity index (χ2n) is 4.75. The summed E-state index contributed by atoms with van der Waals surface area (Å²) in [6.45, 7) is 4.27. The van der Waals surface area contributed by atoms with Crippen LogP contribution in [0, 0.1) is 0 Å². The Morgan fingerprint density at radius 1 is 1.27 bits per heavy atom. The highest BCUT2D eigenvalue weighted by atomic mass is 35.5. The van der Waals surface area contributed by atoms with Gasteiger partial charge in [0, 0.05) is 15.8 Å². The van der Waals surface area contributed by atoms with Crippen LogP contribution in [0.1, 0.15) is 37.6 Å². The highest BCUT2D eigenvalue weighted by Crippen LogP contribution is 2.28. The van der Waals surface area contributed by atoms with E-state index in [1.54, 1.807) is 0 Å². The van der Waals surface area contributed by atoms with Crippen LogP contribution in [-0.4, -0.2) is 21.9 Å². The highest BCUT2D eigenvalue weighted by Gasteiger charge is 2.14. The molecule has 0 saturated carbocycles. The van der Waals surface area contributed by atoms with Crippen molar-refractivity contribution in [3.05, 3.63) is 34.3 Å². The highest BCUT2D eigenvalue weighted by molar-refractivity contribution is 8.00. The van der Waals surface area contributed by atoms with Gasteiger partial charge >= 0.3 is 0 Å². The van der Waals surface area contributed by atoms with Crippen LogP contribution in [-0.2, 0) is 4.79 Å². The number of aromatic nitrogens is 2. The summed E-state index contributed by atoms with van der Waals surface area (Å²) in [5.74, 6) is 0.681. The molecule has 0 radical (unpaired) electrons. The van der Waals surface area contributed by atoms with Gasteiger partial charge in [-0.05, 0) is 37.1 Å². The van der Waals surface area contributed by atoms with Gasteiger partial charge in [0.05, 0.1) is 5.75 Å². The van der Waals surface area contributed by atoms with E-state index in [4.69, 9.17) is 11.6 Å². The maximum atomic E-state index is 12.0. The topological polar surface area (TPSA) is 54.9 Å². The van der Waals surface area contributed by atoms with E-state index < -0.39 is 0 Å². The van der Waals surface area contributed by atoms with E-state index >= 15 is 0 Å². The summed E-state index contributed by atoms with van der Waals surface area (Å²) < 4.78 is 0. The average Bonchev–Trinajstić information content (AvgIpc) is 2.96. The first kappa shape index (κ1) is 17.2. The van der Waals surface area contributed by atoms with Gasteiger partial charge in [-0.25, -0.2) is 0 Å². The van der Waals surface area contributed by atoms with Crippen LogP contribution in [0.15, 0.2) is 29.2 Å². The summed E-state index contributed by atoms with van der Waals surface area (Å²) in [5.41, 5.74) is 0. The van der Waals surface area contributed by atoms with Crippen LogP contribution in [0.4, 0.5) is 5.13 Å². The molecular weight excluding hydrogens is 338 g/mol. The predicted octanol–water partition coefficient (Wildman–Crippen LogP) is 4.83. The molecule has 0 aliphatic heterocycles. The van der Waals surface area contributed by atoms with Gasteiger partial charge in [-0.3, -0.25) is 10.1 Å². The van der Waals surface area contributed by atoms with Crippen LogP contribution in [0.25, 0.3) is 0 Å². The Morgan fingerprint density at radius 2 is 1.95 bits per heavy atom. The van der Waals surface area contributed by atoms with E-state index in [9.17, 15) is 4.79 Å². The normalized spacial score (nSPS) is 10.9. The number of nitrogens with one attached hydrogen (secondary N) is 1. The van der Waals surface area contributed by atoms with Gasteiger partial charge in [-0.1, -0.05) is 36.8 Å². The number of benzene rings is 1. The molecule has 118 valence electrons. The molecule has 0 aliphatic carbocycles. The van der Waals surface area contributed by atoms with Crippen LogP contribution >= 0.6 is 34.7 Å². The summed E-state index contributed by atoms with van der Waals surface area (Å²) >= 11 is 8.76. The van der Waals surface area contributed by atoms with Gasteiger partial charge in [0.15, 0.2) is 0 Å². The molecule has 1 aromatic heterocycles. The molecule has 1 N–H and O–H groups in total. The lowest BCUT2D eigenvalue weighted by atomic mass is 10.1. The molecule has 1 aromatic carbocycles. The quantitative estimate of drug-likeness (QED) is 0.723.